The van der Waals surface area contributed by atoms with Gasteiger partial charge in [-0.25, -0.2) is 9.98 Å². The van der Waals surface area contributed by atoms with Crippen molar-refractivity contribution < 1.29 is 49.1 Å². The molecule has 0 aromatic heterocycles. The SMILES string of the molecule is CC(=O)C=C(C)O.CCC.CF.Cc1cccc(C)c1N=C1SCCSC1=Nc1c(C)cccc1C.Cc1ccccc1.FF.FF.[Ni]. The molecule has 3 aromatic carbocycles. The number of benzene rings is 3. The summed E-state index contributed by atoms with van der Waals surface area (Å²) in [6, 6.07) is 22.9. The number of aliphatic imine (C=N–C) groups is 2. The quantitative estimate of drug-likeness (QED) is 0.125. The number of thioether (sulfide) groups is 2. The molecular weight excluding hydrogens is 710 g/mol. The molecule has 0 bridgehead atoms. The van der Waals surface area contributed by atoms with E-state index in [4.69, 9.17) is 33.4 Å². The van der Waals surface area contributed by atoms with Gasteiger partial charge in [0, 0.05) is 52.4 Å². The van der Waals surface area contributed by atoms with Crippen LogP contribution < -0.4 is 0 Å². The van der Waals surface area contributed by atoms with Gasteiger partial charge >= 0.3 is 0 Å². The molecule has 4 rings (SSSR count). The van der Waals surface area contributed by atoms with E-state index in [-0.39, 0.29) is 28.0 Å². The zero-order chi connectivity index (χ0) is 36.8. The summed E-state index contributed by atoms with van der Waals surface area (Å²) >= 11 is 3.63. The predicted molar refractivity (Wildman–Crippen MR) is 197 cm³/mol. The Morgan fingerprint density at radius 1 is 0.688 bits per heavy atom. The number of hydrogen-bond acceptors (Lipinski definition) is 6. The van der Waals surface area contributed by atoms with E-state index in [9.17, 15) is 9.18 Å². The van der Waals surface area contributed by atoms with Crippen molar-refractivity contribution in [1.29, 1.82) is 0 Å². The van der Waals surface area contributed by atoms with Gasteiger partial charge in [-0.15, -0.1) is 23.5 Å². The van der Waals surface area contributed by atoms with Crippen molar-refractivity contribution in [1.82, 2.24) is 0 Å². The number of rotatable bonds is 3. The average molecular weight is 760 g/mol. The van der Waals surface area contributed by atoms with Crippen LogP contribution in [0.4, 0.5) is 34.1 Å². The number of allylic oxidation sites excluding steroid dienone is 2. The summed E-state index contributed by atoms with van der Waals surface area (Å²) in [6.45, 7) is 17.7. The molecule has 3 aromatic rings. The number of ketones is 1. The maximum atomic E-state index is 10.0. The number of hydrogen-bond donors (Lipinski definition) is 1. The number of nitrogens with zero attached hydrogens (tertiary/aromatic N) is 2. The van der Waals surface area contributed by atoms with Gasteiger partial charge in [-0.05, 0) is 70.7 Å². The normalized spacial score (nSPS) is 12.9. The molecule has 0 amide bonds. The molecule has 1 saturated heterocycles. The van der Waals surface area contributed by atoms with Crippen LogP contribution in [0.15, 0.2) is 88.6 Å². The van der Waals surface area contributed by atoms with Gasteiger partial charge in [0.15, 0.2) is 5.78 Å². The molecule has 272 valence electrons. The van der Waals surface area contributed by atoms with Crippen LogP contribution in [-0.4, -0.2) is 39.7 Å². The molecule has 1 fully saturated rings. The maximum Gasteiger partial charge on any atom is 0.155 e. The van der Waals surface area contributed by atoms with E-state index >= 15 is 0 Å². The van der Waals surface area contributed by atoms with Gasteiger partial charge in [0.2, 0.25) is 0 Å². The Morgan fingerprint density at radius 3 is 1.21 bits per heavy atom. The van der Waals surface area contributed by atoms with Crippen molar-refractivity contribution in [3.8, 4) is 0 Å². The summed E-state index contributed by atoms with van der Waals surface area (Å²) in [5.74, 6) is 2.10. The number of para-hydroxylation sites is 2. The standard InChI is InChI=1S/C20H22N2S2.C7H8.C5H8O2.C3H8.CH3F.2F2.Ni/c1-13-7-5-8-14(2)17(13)21-19-20(24-12-11-23-19)22-18-15(3)9-6-10-16(18)4;1-7-5-3-2-4-6-7;1-4(6)3-5(2)7;1-3-2;3*1-2;/h5-10H,11-12H2,1-4H3;2-6H,1H3;3,6H,1-2H3;3H2,1-2H3;1H3;;;. The fourth-order valence-corrected chi connectivity index (χ4v) is 5.61. The van der Waals surface area contributed by atoms with Crippen LogP contribution in [0.5, 0.6) is 0 Å². The van der Waals surface area contributed by atoms with E-state index in [1.165, 1.54) is 54.2 Å². The van der Waals surface area contributed by atoms with Gasteiger partial charge in [0.1, 0.15) is 10.1 Å². The summed E-state index contributed by atoms with van der Waals surface area (Å²) in [6.07, 6.45) is 2.42. The smallest absolute Gasteiger partial charge is 0.155 e. The topological polar surface area (TPSA) is 62.0 Å². The molecule has 1 aliphatic heterocycles. The van der Waals surface area contributed by atoms with Crippen LogP contribution >= 0.6 is 23.5 Å². The minimum Gasteiger partial charge on any atom is -0.512 e. The van der Waals surface area contributed by atoms with E-state index in [0.29, 0.717) is 7.18 Å². The third-order valence-corrected chi connectivity index (χ3v) is 7.72. The average Bonchev–Trinajstić information content (AvgIpc) is 3.05. The first-order chi connectivity index (χ1) is 22.5. The van der Waals surface area contributed by atoms with E-state index in [2.05, 4.69) is 97.0 Å². The molecule has 4 nitrogen and oxygen atoms in total. The minimum absolute atomic E-state index is 0. The Morgan fingerprint density at radius 2 is 1.00 bits per heavy atom. The molecule has 0 radical (unpaired) electrons. The van der Waals surface area contributed by atoms with E-state index < -0.39 is 0 Å². The Balaban J connectivity index is -0.000000332. The number of carbonyl (C=O) groups is 1. The number of aliphatic hydroxyl groups is 1. The summed E-state index contributed by atoms with van der Waals surface area (Å²) < 4.78 is 41.5. The molecule has 0 unspecified atom stereocenters. The summed E-state index contributed by atoms with van der Waals surface area (Å²) in [4.78, 5) is 20.0. The zero-order valence-electron chi connectivity index (χ0n) is 29.3. The molecular formula is C36H49F5N2NiO2S2. The molecule has 1 N–H and O–H groups in total. The fraction of sp³-hybridized carbons (Fsp3) is 0.361. The van der Waals surface area contributed by atoms with Crippen molar-refractivity contribution in [3.05, 3.63) is 106 Å². The number of aryl methyl sites for hydroxylation is 5. The first-order valence-electron chi connectivity index (χ1n) is 14.6. The Hall–Kier alpha value is -2.95. The molecule has 0 atom stereocenters. The second-order valence-electron chi connectivity index (χ2n) is 9.77. The predicted octanol–water partition coefficient (Wildman–Crippen LogP) is 12.9. The van der Waals surface area contributed by atoms with Crippen molar-refractivity contribution in [3.63, 3.8) is 0 Å². The summed E-state index contributed by atoms with van der Waals surface area (Å²) in [5, 5.41) is 10.5. The monoisotopic (exact) mass is 758 g/mol. The van der Waals surface area contributed by atoms with Gasteiger partial charge < -0.3 is 5.11 Å². The van der Waals surface area contributed by atoms with Crippen LogP contribution in [0.3, 0.4) is 0 Å². The van der Waals surface area contributed by atoms with Crippen molar-refractivity contribution in [2.45, 2.75) is 68.7 Å². The molecule has 0 spiro atoms. The molecule has 1 aliphatic rings. The number of halogens is 5. The molecule has 0 saturated carbocycles. The van der Waals surface area contributed by atoms with Crippen LogP contribution in [0.2, 0.25) is 0 Å². The van der Waals surface area contributed by atoms with Crippen LogP contribution in [-0.2, 0) is 21.3 Å². The molecule has 0 aliphatic carbocycles. The van der Waals surface area contributed by atoms with E-state index in [1.807, 2.05) is 41.7 Å². The van der Waals surface area contributed by atoms with Crippen molar-refractivity contribution >= 4 is 50.8 Å². The first-order valence-corrected chi connectivity index (χ1v) is 16.6. The number of carbonyl (C=O) groups excluding carboxylic acids is 1. The Bertz CT molecular complexity index is 1250. The largest absolute Gasteiger partial charge is 0.512 e. The van der Waals surface area contributed by atoms with Crippen LogP contribution in [0, 0.1) is 34.6 Å². The minimum atomic E-state index is -0.125. The summed E-state index contributed by atoms with van der Waals surface area (Å²) in [5.41, 5.74) is 8.33. The maximum absolute atomic E-state index is 10.0. The van der Waals surface area contributed by atoms with Crippen LogP contribution in [0.25, 0.3) is 0 Å². The molecule has 12 heteroatoms. The third kappa shape index (κ3) is 24.2. The first kappa shape index (κ1) is 51.9. The number of alkyl halides is 1. The summed E-state index contributed by atoms with van der Waals surface area (Å²) in [7, 11) is 0.500. The second kappa shape index (κ2) is 33.9. The zero-order valence-corrected chi connectivity index (χ0v) is 31.9. The van der Waals surface area contributed by atoms with Gasteiger partial charge in [-0.2, -0.15) is 0 Å². The van der Waals surface area contributed by atoms with E-state index in [0.717, 1.165) is 33.0 Å². The van der Waals surface area contributed by atoms with Crippen LogP contribution in [0.1, 0.15) is 61.9 Å². The van der Waals surface area contributed by atoms with Gasteiger partial charge in [0.25, 0.3) is 0 Å². The van der Waals surface area contributed by atoms with E-state index in [1.54, 1.807) is 0 Å². The van der Waals surface area contributed by atoms with Crippen molar-refractivity contribution in [2.24, 2.45) is 9.98 Å². The fourth-order valence-electron chi connectivity index (χ4n) is 3.56. The third-order valence-electron chi connectivity index (χ3n) is 5.40. The number of aliphatic hydroxyl groups excluding tert-OH is 1. The second-order valence-corrected chi connectivity index (χ2v) is 11.9. The Kier molecular flexibility index (Phi) is 36.7. The van der Waals surface area contributed by atoms with Crippen molar-refractivity contribution in [2.75, 3.05) is 18.7 Å². The molecule has 48 heavy (non-hydrogen) atoms. The van der Waals surface area contributed by atoms with Gasteiger partial charge in [0.05, 0.1) is 24.3 Å². The van der Waals surface area contributed by atoms with Gasteiger partial charge in [-0.3, -0.25) is 9.18 Å². The Labute approximate surface area is 302 Å². The van der Waals surface area contributed by atoms with Gasteiger partial charge in [-0.1, -0.05) is 92.6 Å². The molecule has 1 heterocycles.